The van der Waals surface area contributed by atoms with E-state index in [9.17, 15) is 4.79 Å². The number of aryl methyl sites for hydroxylation is 1. The quantitative estimate of drug-likeness (QED) is 0.526. The van der Waals surface area contributed by atoms with Crippen molar-refractivity contribution in [2.75, 3.05) is 27.2 Å². The van der Waals surface area contributed by atoms with Crippen LogP contribution in [-0.4, -0.2) is 64.8 Å². The number of ether oxygens (including phenoxy) is 1. The molecule has 0 aliphatic carbocycles. The number of guanidine groups is 1. The highest BCUT2D eigenvalue weighted by Crippen LogP contribution is 2.15. The monoisotopic (exact) mass is 439 g/mol. The molecule has 1 unspecified atom stereocenters. The molecule has 0 radical (unpaired) electrons. The van der Waals surface area contributed by atoms with Gasteiger partial charge in [-0.25, -0.2) is 9.67 Å². The normalized spacial score (nSPS) is 18.9. The summed E-state index contributed by atoms with van der Waals surface area (Å²) in [5.74, 6) is 2.63. The molecule has 9 heteroatoms. The third-order valence-electron chi connectivity index (χ3n) is 6.04. The summed E-state index contributed by atoms with van der Waals surface area (Å²) in [5, 5.41) is 11.4. The number of aliphatic imine (C=N–C) groups is 1. The number of carbonyl (C=O) groups is 1. The van der Waals surface area contributed by atoms with E-state index in [1.54, 1.807) is 14.2 Å². The summed E-state index contributed by atoms with van der Waals surface area (Å²) in [6, 6.07) is 8.11. The third kappa shape index (κ3) is 5.45. The van der Waals surface area contributed by atoms with Crippen molar-refractivity contribution >= 4 is 11.9 Å². The van der Waals surface area contributed by atoms with Crippen LogP contribution in [0, 0.1) is 0 Å². The average molecular weight is 440 g/mol. The van der Waals surface area contributed by atoms with Crippen molar-refractivity contribution < 1.29 is 9.53 Å². The van der Waals surface area contributed by atoms with Crippen LogP contribution in [0.25, 0.3) is 0 Å². The maximum atomic E-state index is 12.6. The molecule has 1 aromatic carbocycles. The van der Waals surface area contributed by atoms with E-state index in [0.29, 0.717) is 13.2 Å². The summed E-state index contributed by atoms with van der Waals surface area (Å²) in [5.41, 5.74) is 1.87. The molecule has 3 heterocycles. The van der Waals surface area contributed by atoms with E-state index in [0.717, 1.165) is 74.1 Å². The summed E-state index contributed by atoms with van der Waals surface area (Å²) < 4.78 is 7.09. The lowest BCUT2D eigenvalue weighted by atomic mass is 10.1. The summed E-state index contributed by atoms with van der Waals surface area (Å²) in [6.45, 7) is 3.56. The second kappa shape index (κ2) is 10.6. The molecule has 1 atom stereocenters. The highest BCUT2D eigenvalue weighted by Gasteiger charge is 2.22. The molecular formula is C23H33N7O2. The topological polar surface area (TPSA) is 96.7 Å². The first-order valence-electron chi connectivity index (χ1n) is 11.4. The number of nitrogens with zero attached hydrogens (tertiary/aromatic N) is 5. The van der Waals surface area contributed by atoms with Gasteiger partial charge >= 0.3 is 0 Å². The Morgan fingerprint density at radius 3 is 2.72 bits per heavy atom. The minimum Gasteiger partial charge on any atom is -0.377 e. The van der Waals surface area contributed by atoms with Crippen molar-refractivity contribution in [3.63, 3.8) is 0 Å². The van der Waals surface area contributed by atoms with Crippen molar-refractivity contribution in [1.82, 2.24) is 30.3 Å². The molecule has 0 spiro atoms. The fourth-order valence-electron chi connectivity index (χ4n) is 4.29. The molecular weight excluding hydrogens is 406 g/mol. The van der Waals surface area contributed by atoms with Crippen LogP contribution >= 0.6 is 0 Å². The first-order valence-corrected chi connectivity index (χ1v) is 11.4. The lowest BCUT2D eigenvalue weighted by Crippen LogP contribution is -2.46. The highest BCUT2D eigenvalue weighted by molar-refractivity contribution is 5.94. The Morgan fingerprint density at radius 1 is 1.22 bits per heavy atom. The Labute approximate surface area is 189 Å². The van der Waals surface area contributed by atoms with Crippen LogP contribution < -0.4 is 10.6 Å². The van der Waals surface area contributed by atoms with Gasteiger partial charge in [-0.3, -0.25) is 9.79 Å². The molecule has 172 valence electrons. The van der Waals surface area contributed by atoms with Gasteiger partial charge in [-0.15, -0.1) is 0 Å². The van der Waals surface area contributed by atoms with E-state index in [2.05, 4.69) is 25.7 Å². The van der Waals surface area contributed by atoms with Crippen molar-refractivity contribution in [2.45, 2.75) is 57.8 Å². The number of fused-ring (bicyclic) bond motifs is 1. The number of likely N-dealkylation sites (tertiary alicyclic amines) is 1. The molecule has 1 amide bonds. The number of hydrogen-bond donors (Lipinski definition) is 2. The Kier molecular flexibility index (Phi) is 7.36. The lowest BCUT2D eigenvalue weighted by Gasteiger charge is -2.26. The van der Waals surface area contributed by atoms with E-state index in [1.165, 1.54) is 6.42 Å². The van der Waals surface area contributed by atoms with Gasteiger partial charge < -0.3 is 20.3 Å². The van der Waals surface area contributed by atoms with Crippen LogP contribution in [0.3, 0.4) is 0 Å². The number of piperidine rings is 1. The Balaban J connectivity index is 1.27. The van der Waals surface area contributed by atoms with Gasteiger partial charge in [0.1, 0.15) is 12.4 Å². The van der Waals surface area contributed by atoms with Crippen LogP contribution in [0.15, 0.2) is 29.3 Å². The van der Waals surface area contributed by atoms with Crippen LogP contribution in [0.5, 0.6) is 0 Å². The molecule has 4 rings (SSSR count). The molecule has 1 saturated heterocycles. The summed E-state index contributed by atoms with van der Waals surface area (Å²) >= 11 is 0. The van der Waals surface area contributed by atoms with Crippen molar-refractivity contribution in [3.8, 4) is 0 Å². The van der Waals surface area contributed by atoms with Crippen LogP contribution in [0.4, 0.5) is 0 Å². The second-order valence-electron chi connectivity index (χ2n) is 8.41. The Hall–Kier alpha value is -2.94. The van der Waals surface area contributed by atoms with Crippen molar-refractivity contribution in [1.29, 1.82) is 0 Å². The van der Waals surface area contributed by atoms with Gasteiger partial charge in [-0.1, -0.05) is 12.1 Å². The molecule has 1 aromatic heterocycles. The summed E-state index contributed by atoms with van der Waals surface area (Å²) in [6.07, 6.45) is 5.28. The molecule has 1 fully saturated rings. The smallest absolute Gasteiger partial charge is 0.253 e. The maximum absolute atomic E-state index is 12.6. The molecule has 0 bridgehead atoms. The van der Waals surface area contributed by atoms with E-state index in [4.69, 9.17) is 4.74 Å². The Bertz CT molecular complexity index is 932. The molecule has 2 N–H and O–H groups in total. The maximum Gasteiger partial charge on any atom is 0.253 e. The minimum atomic E-state index is 0.139. The highest BCUT2D eigenvalue weighted by atomic mass is 16.5. The number of carbonyl (C=O) groups excluding carboxylic acids is 1. The number of benzene rings is 1. The van der Waals surface area contributed by atoms with Gasteiger partial charge in [0.15, 0.2) is 11.8 Å². The summed E-state index contributed by atoms with van der Waals surface area (Å²) in [7, 11) is 3.43. The molecule has 2 aromatic rings. The third-order valence-corrected chi connectivity index (χ3v) is 6.04. The van der Waals surface area contributed by atoms with E-state index >= 15 is 0 Å². The zero-order chi connectivity index (χ0) is 22.3. The molecule has 9 nitrogen and oxygen atoms in total. The zero-order valence-electron chi connectivity index (χ0n) is 19.0. The molecule has 2 aliphatic heterocycles. The average Bonchev–Trinajstić information content (AvgIpc) is 3.24. The van der Waals surface area contributed by atoms with Gasteiger partial charge in [0, 0.05) is 51.8 Å². The molecule has 0 saturated carbocycles. The number of rotatable bonds is 6. The van der Waals surface area contributed by atoms with E-state index in [-0.39, 0.29) is 11.9 Å². The number of hydrogen-bond acceptors (Lipinski definition) is 5. The summed E-state index contributed by atoms with van der Waals surface area (Å²) in [4.78, 5) is 23.5. The standard InChI is InChI=1S/C23H33N7O2/c1-24-23(26-19-10-11-21-27-20(16-32-2)28-30(21)15-19)25-14-17-6-8-18(9-7-17)22(31)29-12-4-3-5-13-29/h6-9,19H,3-5,10-16H2,1-2H3,(H2,24,25,26). The largest absolute Gasteiger partial charge is 0.377 e. The zero-order valence-corrected chi connectivity index (χ0v) is 19.0. The van der Waals surface area contributed by atoms with Crippen molar-refractivity contribution in [2.24, 2.45) is 4.99 Å². The minimum absolute atomic E-state index is 0.139. The van der Waals surface area contributed by atoms with Gasteiger partial charge in [0.25, 0.3) is 5.91 Å². The van der Waals surface area contributed by atoms with Crippen molar-refractivity contribution in [3.05, 3.63) is 47.0 Å². The predicted octanol–water partition coefficient (Wildman–Crippen LogP) is 1.73. The fourth-order valence-corrected chi connectivity index (χ4v) is 4.29. The van der Waals surface area contributed by atoms with E-state index in [1.807, 2.05) is 33.8 Å². The predicted molar refractivity (Wildman–Crippen MR) is 122 cm³/mol. The van der Waals surface area contributed by atoms with Crippen LogP contribution in [0.1, 0.15) is 53.3 Å². The van der Waals surface area contributed by atoms with Gasteiger partial charge in [-0.05, 0) is 43.4 Å². The van der Waals surface area contributed by atoms with Gasteiger partial charge in [0.05, 0.1) is 6.54 Å². The van der Waals surface area contributed by atoms with E-state index < -0.39 is 0 Å². The van der Waals surface area contributed by atoms with Crippen LogP contribution in [0.2, 0.25) is 0 Å². The fraction of sp³-hybridized carbons (Fsp3) is 0.565. The Morgan fingerprint density at radius 2 is 2.00 bits per heavy atom. The first kappa shape index (κ1) is 22.3. The first-order chi connectivity index (χ1) is 15.7. The lowest BCUT2D eigenvalue weighted by molar-refractivity contribution is 0.0724. The second-order valence-corrected chi connectivity index (χ2v) is 8.41. The SMILES string of the molecule is CN=C(NCc1ccc(C(=O)N2CCCCC2)cc1)NC1CCc2nc(COC)nn2C1. The van der Waals surface area contributed by atoms with Gasteiger partial charge in [0.2, 0.25) is 0 Å². The number of methoxy groups -OCH3 is 1. The molecule has 2 aliphatic rings. The number of nitrogens with one attached hydrogen (secondary N) is 2. The molecule has 32 heavy (non-hydrogen) atoms. The number of aromatic nitrogens is 3. The number of amides is 1. The van der Waals surface area contributed by atoms with Gasteiger partial charge in [-0.2, -0.15) is 5.10 Å². The van der Waals surface area contributed by atoms with Crippen LogP contribution in [-0.2, 0) is 30.9 Å².